The van der Waals surface area contributed by atoms with Crippen LogP contribution in [-0.4, -0.2) is 37.1 Å². The number of hydrogen-bond donors (Lipinski definition) is 1. The maximum atomic E-state index is 13.0. The minimum Gasteiger partial charge on any atom is -0.449 e. The van der Waals surface area contributed by atoms with E-state index in [1.807, 2.05) is 62.4 Å². The number of hydrogen-bond acceptors (Lipinski definition) is 5. The first-order valence-electron chi connectivity index (χ1n) is 11.8. The Morgan fingerprint density at radius 3 is 2.16 bits per heavy atom. The fourth-order valence-corrected chi connectivity index (χ4v) is 4.07. The minimum absolute atomic E-state index is 0.134. The second-order valence-electron chi connectivity index (χ2n) is 8.67. The molecule has 1 N–H and O–H groups in total. The van der Waals surface area contributed by atoms with Gasteiger partial charge in [0.1, 0.15) is 5.69 Å². The summed E-state index contributed by atoms with van der Waals surface area (Å²) in [6.45, 7) is 6.96. The van der Waals surface area contributed by atoms with Gasteiger partial charge in [-0.05, 0) is 58.0 Å². The summed E-state index contributed by atoms with van der Waals surface area (Å²) in [5.74, 6) is -1.28. The topological polar surface area (TPSA) is 100 Å². The molecular weight excluding hydrogens is 470 g/mol. The molecule has 0 aliphatic carbocycles. The lowest BCUT2D eigenvalue weighted by Crippen LogP contribution is -2.31. The van der Waals surface area contributed by atoms with E-state index >= 15 is 0 Å². The zero-order valence-electron chi connectivity index (χ0n) is 21.4. The summed E-state index contributed by atoms with van der Waals surface area (Å²) in [6.07, 6.45) is 1.78. The number of aryl methyl sites for hydroxylation is 1. The molecule has 1 amide bonds. The second kappa shape index (κ2) is 10.5. The summed E-state index contributed by atoms with van der Waals surface area (Å²) in [4.78, 5) is 38.3. The van der Waals surface area contributed by atoms with Gasteiger partial charge in [-0.3, -0.25) is 14.3 Å². The molecule has 4 rings (SSSR count). The predicted molar refractivity (Wildman–Crippen MR) is 142 cm³/mol. The van der Waals surface area contributed by atoms with Gasteiger partial charge in [-0.15, -0.1) is 0 Å². The quantitative estimate of drug-likeness (QED) is 0.307. The van der Waals surface area contributed by atoms with Crippen molar-refractivity contribution < 1.29 is 14.3 Å². The van der Waals surface area contributed by atoms with Crippen LogP contribution in [0.15, 0.2) is 71.5 Å². The van der Waals surface area contributed by atoms with Gasteiger partial charge in [0.15, 0.2) is 6.10 Å². The molecule has 2 aromatic heterocycles. The maximum Gasteiger partial charge on any atom is 0.331 e. The van der Waals surface area contributed by atoms with Gasteiger partial charge < -0.3 is 10.1 Å². The number of nitrogens with zero attached hydrogens (tertiary/aromatic N) is 4. The molecule has 2 aromatic carbocycles. The van der Waals surface area contributed by atoms with Crippen LogP contribution in [0.2, 0.25) is 0 Å². The van der Waals surface area contributed by atoms with E-state index in [0.717, 1.165) is 22.6 Å². The molecule has 2 heterocycles. The van der Waals surface area contributed by atoms with E-state index in [0.29, 0.717) is 11.4 Å². The van der Waals surface area contributed by atoms with Crippen molar-refractivity contribution in [2.24, 2.45) is 7.05 Å². The smallest absolute Gasteiger partial charge is 0.331 e. The van der Waals surface area contributed by atoms with Crippen molar-refractivity contribution in [2.45, 2.75) is 33.8 Å². The Labute approximate surface area is 214 Å². The first kappa shape index (κ1) is 25.4. The van der Waals surface area contributed by atoms with Crippen LogP contribution >= 0.6 is 0 Å². The Morgan fingerprint density at radius 1 is 0.946 bits per heavy atom. The normalized spacial score (nSPS) is 12.0. The lowest BCUT2D eigenvalue weighted by molar-refractivity contribution is -0.148. The van der Waals surface area contributed by atoms with Crippen molar-refractivity contribution in [1.82, 2.24) is 19.1 Å². The average molecular weight is 500 g/mol. The molecule has 4 aromatic rings. The number of anilines is 1. The van der Waals surface area contributed by atoms with E-state index in [2.05, 4.69) is 10.4 Å². The van der Waals surface area contributed by atoms with Crippen molar-refractivity contribution in [3.05, 3.63) is 99.7 Å². The summed E-state index contributed by atoms with van der Waals surface area (Å²) in [6, 6.07) is 18.8. The number of esters is 1. The van der Waals surface area contributed by atoms with Crippen LogP contribution in [0.5, 0.6) is 0 Å². The van der Waals surface area contributed by atoms with Crippen molar-refractivity contribution in [2.75, 3.05) is 5.32 Å². The zero-order valence-corrected chi connectivity index (χ0v) is 21.4. The van der Waals surface area contributed by atoms with E-state index in [-0.39, 0.29) is 11.2 Å². The molecule has 37 heavy (non-hydrogen) atoms. The number of carbonyl (C=O) groups is 2. The predicted octanol–water partition coefficient (Wildman–Crippen LogP) is 3.87. The highest BCUT2D eigenvalue weighted by molar-refractivity contribution is 5.97. The summed E-state index contributed by atoms with van der Waals surface area (Å²) < 4.78 is 10.2. The number of aromatic nitrogens is 4. The maximum absolute atomic E-state index is 13.0. The Balaban J connectivity index is 1.45. The Hall–Kier alpha value is -4.66. The summed E-state index contributed by atoms with van der Waals surface area (Å²) in [5.41, 5.74) is 4.33. The Kier molecular flexibility index (Phi) is 7.24. The number of ether oxygens (including phenoxy) is 1. The van der Waals surface area contributed by atoms with Gasteiger partial charge in [-0.1, -0.05) is 36.4 Å². The molecule has 9 nitrogen and oxygen atoms in total. The van der Waals surface area contributed by atoms with Crippen LogP contribution in [0.25, 0.3) is 17.5 Å². The fourth-order valence-electron chi connectivity index (χ4n) is 4.07. The number of amides is 1. The first-order valence-corrected chi connectivity index (χ1v) is 11.8. The molecule has 190 valence electrons. The van der Waals surface area contributed by atoms with E-state index in [1.54, 1.807) is 41.5 Å². The average Bonchev–Trinajstić information content (AvgIpc) is 3.29. The van der Waals surface area contributed by atoms with Crippen LogP contribution in [0.4, 0.5) is 5.69 Å². The van der Waals surface area contributed by atoms with Gasteiger partial charge in [0.2, 0.25) is 0 Å². The molecule has 1 atom stereocenters. The molecule has 0 aliphatic rings. The van der Waals surface area contributed by atoms with Gasteiger partial charge in [-0.2, -0.15) is 5.10 Å². The number of nitrogens with one attached hydrogen (secondary N) is 1. The summed E-state index contributed by atoms with van der Waals surface area (Å²) >= 11 is 0. The number of rotatable bonds is 7. The third-order valence-corrected chi connectivity index (χ3v) is 6.20. The van der Waals surface area contributed by atoms with Gasteiger partial charge in [-0.25, -0.2) is 14.2 Å². The van der Waals surface area contributed by atoms with Gasteiger partial charge in [0, 0.05) is 24.4 Å². The molecule has 0 saturated carbocycles. The summed E-state index contributed by atoms with van der Waals surface area (Å²) in [5, 5.41) is 7.18. The lowest BCUT2D eigenvalue weighted by atomic mass is 10.2. The third-order valence-electron chi connectivity index (χ3n) is 6.20. The molecule has 0 spiro atoms. The van der Waals surface area contributed by atoms with Crippen LogP contribution < -0.4 is 10.9 Å². The molecule has 0 bridgehead atoms. The number of para-hydroxylation sites is 2. The largest absolute Gasteiger partial charge is 0.449 e. The highest BCUT2D eigenvalue weighted by Crippen LogP contribution is 2.19. The van der Waals surface area contributed by atoms with Crippen molar-refractivity contribution in [3.8, 4) is 11.4 Å². The molecule has 1 unspecified atom stereocenters. The number of carbonyl (C=O) groups excluding carboxylic acids is 2. The third kappa shape index (κ3) is 5.16. The molecule has 0 radical (unpaired) electrons. The standard InChI is InChI=1S/C28H29N5O4/c1-18-24(19(2)32(30-18)22-12-8-6-9-13-22)16-17-25(34)37-21(4)27(35)29-26-20(3)31(5)33(28(26)36)23-14-10-7-11-15-23/h6-17,21H,1-5H3,(H,29,35)/b17-16+. The van der Waals surface area contributed by atoms with E-state index in [1.165, 1.54) is 17.7 Å². The fraction of sp³-hybridized carbons (Fsp3) is 0.214. The van der Waals surface area contributed by atoms with Crippen molar-refractivity contribution >= 4 is 23.6 Å². The van der Waals surface area contributed by atoms with Crippen LogP contribution in [0.1, 0.15) is 29.6 Å². The first-order chi connectivity index (χ1) is 17.7. The van der Waals surface area contributed by atoms with E-state index in [9.17, 15) is 14.4 Å². The lowest BCUT2D eigenvalue weighted by Gasteiger charge is -2.11. The summed E-state index contributed by atoms with van der Waals surface area (Å²) in [7, 11) is 1.73. The second-order valence-corrected chi connectivity index (χ2v) is 8.67. The zero-order chi connectivity index (χ0) is 26.7. The van der Waals surface area contributed by atoms with Crippen LogP contribution in [0.3, 0.4) is 0 Å². The Morgan fingerprint density at radius 2 is 1.54 bits per heavy atom. The van der Waals surface area contributed by atoms with E-state index in [4.69, 9.17) is 4.74 Å². The van der Waals surface area contributed by atoms with Gasteiger partial charge >= 0.3 is 5.97 Å². The molecular formula is C28H29N5O4. The van der Waals surface area contributed by atoms with Crippen LogP contribution in [0, 0.1) is 20.8 Å². The van der Waals surface area contributed by atoms with Crippen molar-refractivity contribution in [1.29, 1.82) is 0 Å². The molecule has 0 saturated heterocycles. The van der Waals surface area contributed by atoms with Crippen molar-refractivity contribution in [3.63, 3.8) is 0 Å². The monoisotopic (exact) mass is 499 g/mol. The van der Waals surface area contributed by atoms with Crippen LogP contribution in [-0.2, 0) is 21.4 Å². The SMILES string of the molecule is Cc1nn(-c2ccccc2)c(C)c1/C=C/C(=O)OC(C)C(=O)Nc1c(C)n(C)n(-c2ccccc2)c1=O. The van der Waals surface area contributed by atoms with Gasteiger partial charge in [0.25, 0.3) is 11.5 Å². The molecule has 0 fully saturated rings. The molecule has 0 aliphatic heterocycles. The van der Waals surface area contributed by atoms with Gasteiger partial charge in [0.05, 0.1) is 22.8 Å². The minimum atomic E-state index is -1.12. The Bertz CT molecular complexity index is 1530. The molecule has 9 heteroatoms. The highest BCUT2D eigenvalue weighted by atomic mass is 16.5. The number of benzene rings is 2. The highest BCUT2D eigenvalue weighted by Gasteiger charge is 2.23. The van der Waals surface area contributed by atoms with E-state index < -0.39 is 18.0 Å².